The van der Waals surface area contributed by atoms with Gasteiger partial charge in [-0.25, -0.2) is 4.99 Å². The van der Waals surface area contributed by atoms with E-state index in [-0.39, 0.29) is 0 Å². The molecule has 0 atom stereocenters. The minimum absolute atomic E-state index is 0.648. The van der Waals surface area contributed by atoms with Gasteiger partial charge in [0.05, 0.1) is 13.7 Å². The third-order valence-corrected chi connectivity index (χ3v) is 5.68. The van der Waals surface area contributed by atoms with Gasteiger partial charge in [0, 0.05) is 51.4 Å². The smallest absolute Gasteiger partial charge is 0.191 e. The van der Waals surface area contributed by atoms with E-state index in [0.29, 0.717) is 13.1 Å². The maximum Gasteiger partial charge on any atom is 0.191 e. The molecule has 0 aromatic heterocycles. The first kappa shape index (κ1) is 23.1. The fourth-order valence-electron chi connectivity index (χ4n) is 3.70. The molecule has 1 aliphatic rings. The minimum atomic E-state index is 0.648. The number of rotatable bonds is 8. The van der Waals surface area contributed by atoms with E-state index in [1.165, 1.54) is 16.7 Å². The van der Waals surface area contributed by atoms with Crippen LogP contribution in [0.1, 0.15) is 29.2 Å². The largest absolute Gasteiger partial charge is 0.496 e. The number of nitrogens with zero attached hydrogens (tertiary/aromatic N) is 3. The van der Waals surface area contributed by atoms with Gasteiger partial charge in [-0.1, -0.05) is 36.4 Å². The number of likely N-dealkylation sites (N-methyl/N-ethyl adjacent to an activating group) is 1. The van der Waals surface area contributed by atoms with Crippen LogP contribution in [0.4, 0.5) is 0 Å². The second-order valence-corrected chi connectivity index (χ2v) is 8.26. The Morgan fingerprint density at radius 2 is 1.71 bits per heavy atom. The van der Waals surface area contributed by atoms with Crippen LogP contribution in [0.5, 0.6) is 5.75 Å². The van der Waals surface area contributed by atoms with Crippen LogP contribution < -0.4 is 15.4 Å². The van der Waals surface area contributed by atoms with Crippen molar-refractivity contribution in [1.82, 2.24) is 20.4 Å². The SMILES string of the molecule is CCNC(=NCc1ccc(CN2CCN(C)CC2)cc1)NCc1ccc(C)cc1OC. The molecule has 1 heterocycles. The monoisotopic (exact) mass is 423 g/mol. The Kier molecular flexibility index (Phi) is 8.74. The van der Waals surface area contributed by atoms with Gasteiger partial charge in [0.2, 0.25) is 0 Å². The summed E-state index contributed by atoms with van der Waals surface area (Å²) in [5, 5.41) is 6.75. The summed E-state index contributed by atoms with van der Waals surface area (Å²) in [6.45, 7) is 11.9. The van der Waals surface area contributed by atoms with Gasteiger partial charge in [0.25, 0.3) is 0 Å². The second-order valence-electron chi connectivity index (χ2n) is 8.26. The molecule has 2 aromatic rings. The summed E-state index contributed by atoms with van der Waals surface area (Å²) in [7, 11) is 3.91. The zero-order chi connectivity index (χ0) is 22.1. The number of aliphatic imine (C=N–C) groups is 1. The number of hydrogen-bond donors (Lipinski definition) is 2. The molecular weight excluding hydrogens is 386 g/mol. The van der Waals surface area contributed by atoms with E-state index in [4.69, 9.17) is 9.73 Å². The Bertz CT molecular complexity index is 841. The average Bonchev–Trinajstić information content (AvgIpc) is 2.78. The fourth-order valence-corrected chi connectivity index (χ4v) is 3.70. The van der Waals surface area contributed by atoms with Crippen molar-refractivity contribution in [2.45, 2.75) is 33.5 Å². The van der Waals surface area contributed by atoms with E-state index in [9.17, 15) is 0 Å². The quantitative estimate of drug-likeness (QED) is 0.505. The van der Waals surface area contributed by atoms with Gasteiger partial charge in [0.15, 0.2) is 5.96 Å². The van der Waals surface area contributed by atoms with Crippen LogP contribution >= 0.6 is 0 Å². The van der Waals surface area contributed by atoms with Crippen molar-refractivity contribution in [1.29, 1.82) is 0 Å². The molecular formula is C25H37N5O. The van der Waals surface area contributed by atoms with Gasteiger partial charge in [-0.05, 0) is 43.7 Å². The summed E-state index contributed by atoms with van der Waals surface area (Å²) in [6, 6.07) is 15.1. The Balaban J connectivity index is 1.55. The van der Waals surface area contributed by atoms with Crippen LogP contribution in [0, 0.1) is 6.92 Å². The molecule has 6 nitrogen and oxygen atoms in total. The lowest BCUT2D eigenvalue weighted by molar-refractivity contribution is 0.148. The van der Waals surface area contributed by atoms with Crippen molar-refractivity contribution in [2.75, 3.05) is 46.9 Å². The van der Waals surface area contributed by atoms with Crippen LogP contribution in [0.25, 0.3) is 0 Å². The molecule has 1 saturated heterocycles. The second kappa shape index (κ2) is 11.7. The topological polar surface area (TPSA) is 52.1 Å². The number of ether oxygens (including phenoxy) is 1. The van der Waals surface area contributed by atoms with Gasteiger partial charge < -0.3 is 20.3 Å². The molecule has 31 heavy (non-hydrogen) atoms. The van der Waals surface area contributed by atoms with E-state index >= 15 is 0 Å². The number of nitrogens with one attached hydrogen (secondary N) is 2. The lowest BCUT2D eigenvalue weighted by Crippen LogP contribution is -2.43. The van der Waals surface area contributed by atoms with Crippen LogP contribution in [0.2, 0.25) is 0 Å². The molecule has 168 valence electrons. The first-order valence-corrected chi connectivity index (χ1v) is 11.2. The van der Waals surface area contributed by atoms with Gasteiger partial charge >= 0.3 is 0 Å². The summed E-state index contributed by atoms with van der Waals surface area (Å²) in [5.74, 6) is 1.71. The maximum absolute atomic E-state index is 5.51. The Hall–Kier alpha value is -2.57. The highest BCUT2D eigenvalue weighted by Gasteiger charge is 2.13. The zero-order valence-electron chi connectivity index (χ0n) is 19.4. The molecule has 2 N–H and O–H groups in total. The normalized spacial score (nSPS) is 15.7. The highest BCUT2D eigenvalue weighted by molar-refractivity contribution is 5.79. The van der Waals surface area contributed by atoms with E-state index in [0.717, 1.165) is 56.5 Å². The van der Waals surface area contributed by atoms with Crippen LogP contribution in [0.3, 0.4) is 0 Å². The third-order valence-electron chi connectivity index (χ3n) is 5.68. The van der Waals surface area contributed by atoms with E-state index in [2.05, 4.69) is 83.8 Å². The first-order chi connectivity index (χ1) is 15.1. The van der Waals surface area contributed by atoms with E-state index in [1.807, 2.05) is 0 Å². The number of methoxy groups -OCH3 is 1. The lowest BCUT2D eigenvalue weighted by Gasteiger charge is -2.32. The molecule has 0 unspecified atom stereocenters. The Morgan fingerprint density at radius 3 is 2.39 bits per heavy atom. The summed E-state index contributed by atoms with van der Waals surface area (Å²) < 4.78 is 5.51. The molecule has 1 fully saturated rings. The summed E-state index contributed by atoms with van der Waals surface area (Å²) >= 11 is 0. The van der Waals surface area contributed by atoms with Crippen LogP contribution in [0.15, 0.2) is 47.5 Å². The summed E-state index contributed by atoms with van der Waals surface area (Å²) in [6.07, 6.45) is 0. The predicted molar refractivity (Wildman–Crippen MR) is 129 cm³/mol. The van der Waals surface area contributed by atoms with Crippen molar-refractivity contribution in [3.05, 3.63) is 64.7 Å². The molecule has 1 aliphatic heterocycles. The van der Waals surface area contributed by atoms with Crippen molar-refractivity contribution in [3.63, 3.8) is 0 Å². The molecule has 6 heteroatoms. The number of piperazine rings is 1. The molecule has 0 bridgehead atoms. The predicted octanol–water partition coefficient (Wildman–Crippen LogP) is 3.01. The van der Waals surface area contributed by atoms with Gasteiger partial charge in [-0.3, -0.25) is 4.90 Å². The van der Waals surface area contributed by atoms with Gasteiger partial charge in [0.1, 0.15) is 5.75 Å². The third kappa shape index (κ3) is 7.26. The minimum Gasteiger partial charge on any atom is -0.496 e. The number of hydrogen-bond acceptors (Lipinski definition) is 4. The zero-order valence-corrected chi connectivity index (χ0v) is 19.4. The highest BCUT2D eigenvalue weighted by atomic mass is 16.5. The van der Waals surface area contributed by atoms with Crippen molar-refractivity contribution < 1.29 is 4.74 Å². The molecule has 0 radical (unpaired) electrons. The van der Waals surface area contributed by atoms with Crippen molar-refractivity contribution in [2.24, 2.45) is 4.99 Å². The molecule has 0 saturated carbocycles. The van der Waals surface area contributed by atoms with Gasteiger partial charge in [-0.15, -0.1) is 0 Å². The van der Waals surface area contributed by atoms with Crippen molar-refractivity contribution >= 4 is 5.96 Å². The molecule has 0 amide bonds. The molecule has 0 spiro atoms. The van der Waals surface area contributed by atoms with E-state index < -0.39 is 0 Å². The average molecular weight is 424 g/mol. The van der Waals surface area contributed by atoms with Crippen LogP contribution in [-0.2, 0) is 19.6 Å². The van der Waals surface area contributed by atoms with Crippen LogP contribution in [-0.4, -0.2) is 62.6 Å². The maximum atomic E-state index is 5.51. The molecule has 3 rings (SSSR count). The number of benzene rings is 2. The number of aryl methyl sites for hydroxylation is 1. The molecule has 0 aliphatic carbocycles. The standard InChI is InChI=1S/C25H37N5O/c1-5-26-25(28-18-23-11-6-20(2)16-24(23)31-4)27-17-21-7-9-22(10-8-21)19-30-14-12-29(3)13-15-30/h6-11,16H,5,12-15,17-19H2,1-4H3,(H2,26,27,28). The molecule has 2 aromatic carbocycles. The summed E-state index contributed by atoms with van der Waals surface area (Å²) in [4.78, 5) is 9.68. The number of guanidine groups is 1. The fraction of sp³-hybridized carbons (Fsp3) is 0.480. The van der Waals surface area contributed by atoms with E-state index in [1.54, 1.807) is 7.11 Å². The summed E-state index contributed by atoms with van der Waals surface area (Å²) in [5.41, 5.74) is 4.89. The first-order valence-electron chi connectivity index (χ1n) is 11.2. The Morgan fingerprint density at radius 1 is 1.00 bits per heavy atom. The lowest BCUT2D eigenvalue weighted by atomic mass is 10.1. The Labute approximate surface area is 187 Å². The van der Waals surface area contributed by atoms with Crippen molar-refractivity contribution in [3.8, 4) is 5.75 Å². The highest BCUT2D eigenvalue weighted by Crippen LogP contribution is 2.19. The van der Waals surface area contributed by atoms with Gasteiger partial charge in [-0.2, -0.15) is 0 Å².